The van der Waals surface area contributed by atoms with Crippen LogP contribution >= 0.6 is 0 Å². The highest BCUT2D eigenvalue weighted by molar-refractivity contribution is 6.07. The lowest BCUT2D eigenvalue weighted by atomic mass is 9.75. The third-order valence-corrected chi connectivity index (χ3v) is 9.54. The van der Waals surface area contributed by atoms with E-state index in [1.807, 2.05) is 92.7 Å². The Kier molecular flexibility index (Phi) is 9.34. The maximum absolute atomic E-state index is 14.6. The number of benzene rings is 3. The van der Waals surface area contributed by atoms with Crippen LogP contribution in [0.1, 0.15) is 87.4 Å². The topological polar surface area (TPSA) is 66.9 Å². The summed E-state index contributed by atoms with van der Waals surface area (Å²) in [4.78, 5) is 46.8. The predicted octanol–water partition coefficient (Wildman–Crippen LogP) is 7.87. The Morgan fingerprint density at radius 2 is 1.21 bits per heavy atom. The van der Waals surface area contributed by atoms with Crippen molar-refractivity contribution in [2.24, 2.45) is 17.8 Å². The fourth-order valence-corrected chi connectivity index (χ4v) is 7.03. The van der Waals surface area contributed by atoms with Crippen LogP contribution < -0.4 is 0 Å². The number of carbonyl (C=O) groups excluding carboxylic acids is 3. The monoisotopic (exact) mass is 580 g/mol. The van der Waals surface area contributed by atoms with Gasteiger partial charge in [0.05, 0.1) is 12.1 Å². The third kappa shape index (κ3) is 6.24. The summed E-state index contributed by atoms with van der Waals surface area (Å²) in [5, 5.41) is 0. The maximum atomic E-state index is 14.6. The quantitative estimate of drug-likeness (QED) is 0.191. The number of esters is 1. The molecule has 6 nitrogen and oxygen atoms in total. The summed E-state index contributed by atoms with van der Waals surface area (Å²) in [6.45, 7) is 10.4. The Hall–Kier alpha value is -3.93. The van der Waals surface area contributed by atoms with Gasteiger partial charge in [-0.2, -0.15) is 0 Å². The molecule has 2 amide bonds. The van der Waals surface area contributed by atoms with Crippen molar-refractivity contribution in [3.05, 3.63) is 108 Å². The number of ether oxygens (including phenoxy) is 1. The molecule has 0 radical (unpaired) electrons. The van der Waals surface area contributed by atoms with Crippen molar-refractivity contribution in [3.63, 3.8) is 0 Å². The number of ketones is 1. The molecule has 0 N–H and O–H groups in total. The van der Waals surface area contributed by atoms with E-state index in [-0.39, 0.29) is 23.8 Å². The molecule has 1 heterocycles. The van der Waals surface area contributed by atoms with Gasteiger partial charge in [0.2, 0.25) is 0 Å². The van der Waals surface area contributed by atoms with Crippen molar-refractivity contribution >= 4 is 17.8 Å². The number of amides is 2. The minimum absolute atomic E-state index is 0.236. The lowest BCUT2D eigenvalue weighted by Gasteiger charge is -2.38. The first-order valence-corrected chi connectivity index (χ1v) is 15.7. The molecule has 1 aliphatic heterocycles. The van der Waals surface area contributed by atoms with Crippen LogP contribution in [0.25, 0.3) is 0 Å². The summed E-state index contributed by atoms with van der Waals surface area (Å²) < 4.78 is 6.42. The highest BCUT2D eigenvalue weighted by Crippen LogP contribution is 2.41. The van der Waals surface area contributed by atoms with Crippen LogP contribution in [0.3, 0.4) is 0 Å². The Labute approximate surface area is 256 Å². The molecule has 3 aromatic carbocycles. The van der Waals surface area contributed by atoms with Gasteiger partial charge < -0.3 is 14.5 Å². The van der Waals surface area contributed by atoms with E-state index in [1.54, 1.807) is 21.9 Å². The molecule has 6 heteroatoms. The van der Waals surface area contributed by atoms with Crippen LogP contribution in [0.5, 0.6) is 0 Å². The summed E-state index contributed by atoms with van der Waals surface area (Å²) in [7, 11) is 0. The molecule has 1 saturated carbocycles. The van der Waals surface area contributed by atoms with Crippen molar-refractivity contribution in [1.82, 2.24) is 9.80 Å². The summed E-state index contributed by atoms with van der Waals surface area (Å²) in [5.74, 6) is 0.261. The molecular formula is C37H44N2O4. The van der Waals surface area contributed by atoms with Crippen LogP contribution in [-0.4, -0.2) is 45.8 Å². The van der Waals surface area contributed by atoms with E-state index in [9.17, 15) is 14.4 Å². The molecule has 3 aromatic rings. The second-order valence-corrected chi connectivity index (χ2v) is 12.7. The predicted molar refractivity (Wildman–Crippen MR) is 168 cm³/mol. The van der Waals surface area contributed by atoms with Crippen LogP contribution in [0.4, 0.5) is 4.79 Å². The lowest BCUT2D eigenvalue weighted by molar-refractivity contribution is -0.161. The molecule has 7 unspecified atom stereocenters. The van der Waals surface area contributed by atoms with Crippen molar-refractivity contribution in [2.45, 2.75) is 84.2 Å². The number of Topliss-reactive ketones (excluding diaryl/α,β-unsaturated/α-hetero) is 1. The molecule has 2 fully saturated rings. The molecule has 1 aliphatic carbocycles. The number of nitrogens with zero attached hydrogens (tertiary/aromatic N) is 2. The normalized spacial score (nSPS) is 25.4. The Morgan fingerprint density at radius 1 is 0.721 bits per heavy atom. The largest absolute Gasteiger partial charge is 0.460 e. The van der Waals surface area contributed by atoms with Crippen LogP contribution in [0, 0.1) is 17.8 Å². The minimum Gasteiger partial charge on any atom is -0.460 e. The number of rotatable bonds is 9. The van der Waals surface area contributed by atoms with Gasteiger partial charge in [0.1, 0.15) is 12.1 Å². The van der Waals surface area contributed by atoms with Gasteiger partial charge >= 0.3 is 12.0 Å². The van der Waals surface area contributed by atoms with E-state index >= 15 is 0 Å². The zero-order valence-electron chi connectivity index (χ0n) is 25.9. The van der Waals surface area contributed by atoms with Crippen molar-refractivity contribution in [2.75, 3.05) is 0 Å². The summed E-state index contributed by atoms with van der Waals surface area (Å²) in [6, 6.07) is 24.9. The molecule has 0 bridgehead atoms. The average Bonchev–Trinajstić information content (AvgIpc) is 3.33. The van der Waals surface area contributed by atoms with Crippen molar-refractivity contribution < 1.29 is 19.1 Å². The molecule has 0 spiro atoms. The summed E-state index contributed by atoms with van der Waals surface area (Å²) >= 11 is 0. The molecular weight excluding hydrogens is 536 g/mol. The first-order valence-electron chi connectivity index (χ1n) is 15.7. The van der Waals surface area contributed by atoms with Gasteiger partial charge in [0, 0.05) is 5.56 Å². The van der Waals surface area contributed by atoms with E-state index in [0.717, 1.165) is 30.4 Å². The number of urea groups is 1. The van der Waals surface area contributed by atoms with Crippen molar-refractivity contribution in [1.29, 1.82) is 0 Å². The minimum atomic E-state index is -1.10. The number of hydrogen-bond acceptors (Lipinski definition) is 4. The highest BCUT2D eigenvalue weighted by atomic mass is 16.5. The average molecular weight is 581 g/mol. The maximum Gasteiger partial charge on any atom is 0.331 e. The summed E-state index contributed by atoms with van der Waals surface area (Å²) in [5.41, 5.74) is 2.24. The molecule has 1 saturated heterocycles. The van der Waals surface area contributed by atoms with E-state index < -0.39 is 30.1 Å². The molecule has 43 heavy (non-hydrogen) atoms. The van der Waals surface area contributed by atoms with E-state index in [1.165, 1.54) is 0 Å². The molecule has 226 valence electrons. The molecule has 7 atom stereocenters. The lowest BCUT2D eigenvalue weighted by Crippen LogP contribution is -2.51. The number of carbonyl (C=O) groups is 3. The standard InChI is InChI=1S/C37H44N2O4/c1-24(2)31-22-21-25(3)23-32(31)43-36(41)34-33(35(40)30-19-13-8-14-20-30)38(26(4)28-15-9-6-10-16-28)37(42)39(34)27(5)29-17-11-7-12-18-29/h6-20,24-27,31-34H,21-23H2,1-5H3. The van der Waals surface area contributed by atoms with Gasteiger partial charge in [-0.25, -0.2) is 9.59 Å². The van der Waals surface area contributed by atoms with Crippen LogP contribution in [0.2, 0.25) is 0 Å². The zero-order valence-corrected chi connectivity index (χ0v) is 25.9. The Bertz CT molecular complexity index is 1390. The first-order chi connectivity index (χ1) is 20.7. The fraction of sp³-hybridized carbons (Fsp3) is 0.432. The van der Waals surface area contributed by atoms with Gasteiger partial charge in [-0.1, -0.05) is 118 Å². The van der Waals surface area contributed by atoms with E-state index in [4.69, 9.17) is 4.74 Å². The SMILES string of the molecule is CC1CCC(C(C)C)C(OC(=O)C2C(C(=O)c3ccccc3)N(C(C)c3ccccc3)C(=O)N2C(C)c2ccccc2)C1. The van der Waals surface area contributed by atoms with Crippen LogP contribution in [-0.2, 0) is 9.53 Å². The highest BCUT2D eigenvalue weighted by Gasteiger charge is 2.57. The van der Waals surface area contributed by atoms with Gasteiger partial charge in [-0.15, -0.1) is 0 Å². The van der Waals surface area contributed by atoms with E-state index in [2.05, 4.69) is 20.8 Å². The smallest absolute Gasteiger partial charge is 0.331 e. The number of hydrogen-bond donors (Lipinski definition) is 0. The van der Waals surface area contributed by atoms with Crippen LogP contribution in [0.15, 0.2) is 91.0 Å². The molecule has 5 rings (SSSR count). The second-order valence-electron chi connectivity index (χ2n) is 12.7. The van der Waals surface area contributed by atoms with Gasteiger partial charge in [-0.05, 0) is 55.6 Å². The molecule has 0 aromatic heterocycles. The Morgan fingerprint density at radius 3 is 1.72 bits per heavy atom. The fourth-order valence-electron chi connectivity index (χ4n) is 7.03. The van der Waals surface area contributed by atoms with E-state index in [0.29, 0.717) is 17.4 Å². The third-order valence-electron chi connectivity index (χ3n) is 9.54. The first kappa shape index (κ1) is 30.5. The van der Waals surface area contributed by atoms with Gasteiger partial charge in [0.25, 0.3) is 0 Å². The van der Waals surface area contributed by atoms with Crippen molar-refractivity contribution in [3.8, 4) is 0 Å². The Balaban J connectivity index is 1.62. The zero-order chi connectivity index (χ0) is 30.7. The second kappa shape index (κ2) is 13.2. The van der Waals surface area contributed by atoms with Gasteiger partial charge in [0.15, 0.2) is 11.8 Å². The molecule has 2 aliphatic rings. The van der Waals surface area contributed by atoms with Gasteiger partial charge in [-0.3, -0.25) is 4.79 Å². The summed E-state index contributed by atoms with van der Waals surface area (Å²) in [6.07, 6.45) is 2.63.